The van der Waals surface area contributed by atoms with Gasteiger partial charge in [0.05, 0.1) is 13.2 Å². The van der Waals surface area contributed by atoms with Crippen LogP contribution in [-0.4, -0.2) is 18.6 Å². The van der Waals surface area contributed by atoms with Crippen molar-refractivity contribution in [2.24, 2.45) is 5.92 Å². The quantitative estimate of drug-likeness (QED) is 0.684. The highest BCUT2D eigenvalue weighted by Gasteiger charge is 2.57. The van der Waals surface area contributed by atoms with Crippen LogP contribution in [0.4, 0.5) is 4.39 Å². The number of hydrogen-bond donors (Lipinski definition) is 0. The molecule has 0 radical (unpaired) electrons. The summed E-state index contributed by atoms with van der Waals surface area (Å²) in [6, 6.07) is 0. The predicted molar refractivity (Wildman–Crippen MR) is 57.7 cm³/mol. The maximum Gasteiger partial charge on any atom is 0.367 e. The molecule has 90 valence electrons. The van der Waals surface area contributed by atoms with Gasteiger partial charge in [-0.1, -0.05) is 6.92 Å². The molecule has 15 heavy (non-hydrogen) atoms. The Balaban J connectivity index is 2.92. The van der Waals surface area contributed by atoms with Crippen LogP contribution in [0.5, 0.6) is 0 Å². The second-order valence-electron chi connectivity index (χ2n) is 3.94. The highest BCUT2D eigenvalue weighted by Crippen LogP contribution is 2.68. The van der Waals surface area contributed by atoms with Crippen molar-refractivity contribution in [3.63, 3.8) is 0 Å². The predicted octanol–water partition coefficient (Wildman–Crippen LogP) is 3.74. The number of rotatable bonds is 5. The molecule has 1 aliphatic carbocycles. The van der Waals surface area contributed by atoms with Gasteiger partial charge >= 0.3 is 7.60 Å². The Kier molecular flexibility index (Phi) is 4.33. The highest BCUT2D eigenvalue weighted by molar-refractivity contribution is 7.55. The van der Waals surface area contributed by atoms with Crippen molar-refractivity contribution in [3.05, 3.63) is 0 Å². The van der Waals surface area contributed by atoms with E-state index in [0.717, 1.165) is 12.8 Å². The molecule has 3 nitrogen and oxygen atoms in total. The van der Waals surface area contributed by atoms with Crippen molar-refractivity contribution in [2.45, 2.75) is 45.4 Å². The van der Waals surface area contributed by atoms with E-state index in [-0.39, 0.29) is 25.6 Å². The summed E-state index contributed by atoms with van der Waals surface area (Å²) in [5, 5.41) is -1.78. The third-order valence-corrected chi connectivity index (χ3v) is 5.74. The van der Waals surface area contributed by atoms with Crippen molar-refractivity contribution in [3.8, 4) is 0 Å². The summed E-state index contributed by atoms with van der Waals surface area (Å²) < 4.78 is 37.1. The molecule has 1 rings (SSSR count). The SMILES string of the molecule is CCOP(=O)(OCC)C1(F)CCCC1C. The Hall–Kier alpha value is 0.0800. The van der Waals surface area contributed by atoms with Crippen LogP contribution in [0, 0.1) is 5.92 Å². The minimum atomic E-state index is -3.60. The fourth-order valence-corrected chi connectivity index (χ4v) is 4.41. The molecule has 0 aromatic carbocycles. The Labute approximate surface area is 90.9 Å². The Morgan fingerprint density at radius 3 is 2.27 bits per heavy atom. The third kappa shape index (κ3) is 2.27. The molecule has 1 saturated carbocycles. The summed E-state index contributed by atoms with van der Waals surface area (Å²) in [5.74, 6) is -0.249. The van der Waals surface area contributed by atoms with Crippen molar-refractivity contribution < 1.29 is 18.0 Å². The lowest BCUT2D eigenvalue weighted by Gasteiger charge is -2.32. The van der Waals surface area contributed by atoms with Crippen molar-refractivity contribution in [2.75, 3.05) is 13.2 Å². The monoisotopic (exact) mass is 238 g/mol. The van der Waals surface area contributed by atoms with Crippen LogP contribution in [0.3, 0.4) is 0 Å². The van der Waals surface area contributed by atoms with Gasteiger partial charge in [-0.05, 0) is 33.1 Å². The zero-order valence-electron chi connectivity index (χ0n) is 9.66. The minimum Gasteiger partial charge on any atom is -0.307 e. The first-order valence-corrected chi connectivity index (χ1v) is 7.12. The molecular weight excluding hydrogens is 218 g/mol. The third-order valence-electron chi connectivity index (χ3n) is 2.97. The zero-order chi connectivity index (χ0) is 11.5. The van der Waals surface area contributed by atoms with E-state index in [2.05, 4.69) is 0 Å². The molecule has 5 heteroatoms. The lowest BCUT2D eigenvalue weighted by Crippen LogP contribution is -2.28. The van der Waals surface area contributed by atoms with E-state index in [0.29, 0.717) is 0 Å². The van der Waals surface area contributed by atoms with Crippen LogP contribution < -0.4 is 0 Å². The molecule has 1 fully saturated rings. The first kappa shape index (κ1) is 13.1. The topological polar surface area (TPSA) is 35.5 Å². The molecule has 1 aliphatic rings. The van der Waals surface area contributed by atoms with Gasteiger partial charge in [-0.15, -0.1) is 0 Å². The summed E-state index contributed by atoms with van der Waals surface area (Å²) in [5.41, 5.74) is 0. The smallest absolute Gasteiger partial charge is 0.307 e. The van der Waals surface area contributed by atoms with Crippen LogP contribution in [0.2, 0.25) is 0 Å². The molecule has 0 N–H and O–H groups in total. The van der Waals surface area contributed by atoms with Gasteiger partial charge in [-0.25, -0.2) is 4.39 Å². The summed E-state index contributed by atoms with van der Waals surface area (Å²) in [6.07, 6.45) is 1.79. The van der Waals surface area contributed by atoms with E-state index in [1.165, 1.54) is 0 Å². The van der Waals surface area contributed by atoms with E-state index in [9.17, 15) is 8.96 Å². The van der Waals surface area contributed by atoms with Gasteiger partial charge in [-0.3, -0.25) is 4.57 Å². The summed E-state index contributed by atoms with van der Waals surface area (Å²) in [4.78, 5) is 0. The van der Waals surface area contributed by atoms with E-state index >= 15 is 0 Å². The van der Waals surface area contributed by atoms with Crippen LogP contribution in [-0.2, 0) is 13.6 Å². The molecular formula is C10H20FO3P. The Bertz CT molecular complexity index is 249. The van der Waals surface area contributed by atoms with Crippen molar-refractivity contribution >= 4 is 7.60 Å². The fourth-order valence-electron chi connectivity index (χ4n) is 2.12. The molecule has 2 unspecified atom stereocenters. The molecule has 0 amide bonds. The highest BCUT2D eigenvalue weighted by atomic mass is 31.2. The number of halogens is 1. The van der Waals surface area contributed by atoms with Gasteiger partial charge in [0.2, 0.25) is 5.41 Å². The average molecular weight is 238 g/mol. The lowest BCUT2D eigenvalue weighted by molar-refractivity contribution is 0.120. The van der Waals surface area contributed by atoms with Gasteiger partial charge in [-0.2, -0.15) is 0 Å². The Morgan fingerprint density at radius 1 is 1.40 bits per heavy atom. The van der Waals surface area contributed by atoms with Gasteiger partial charge < -0.3 is 9.05 Å². The maximum atomic E-state index is 14.6. The van der Waals surface area contributed by atoms with Gasteiger partial charge in [0, 0.05) is 5.92 Å². The largest absolute Gasteiger partial charge is 0.367 e. The summed E-state index contributed by atoms with van der Waals surface area (Å²) in [7, 11) is -3.60. The van der Waals surface area contributed by atoms with Crippen LogP contribution in [0.1, 0.15) is 40.0 Å². The average Bonchev–Trinajstić information content (AvgIpc) is 2.49. The van der Waals surface area contributed by atoms with Crippen molar-refractivity contribution in [1.82, 2.24) is 0 Å². The standard InChI is InChI=1S/C10H20FO3P/c1-4-13-15(12,14-5-2)10(11)8-6-7-9(10)3/h9H,4-8H2,1-3H3. The first-order chi connectivity index (χ1) is 7.00. The van der Waals surface area contributed by atoms with Crippen LogP contribution in [0.25, 0.3) is 0 Å². The lowest BCUT2D eigenvalue weighted by atomic mass is 10.1. The van der Waals surface area contributed by atoms with Gasteiger partial charge in [0.25, 0.3) is 0 Å². The van der Waals surface area contributed by atoms with E-state index in [1.54, 1.807) is 20.8 Å². The summed E-state index contributed by atoms with van der Waals surface area (Å²) in [6.45, 7) is 5.62. The molecule has 0 aromatic rings. The molecule has 0 aliphatic heterocycles. The molecule has 0 spiro atoms. The van der Waals surface area contributed by atoms with E-state index in [4.69, 9.17) is 9.05 Å². The van der Waals surface area contributed by atoms with Gasteiger partial charge in [0.1, 0.15) is 0 Å². The van der Waals surface area contributed by atoms with Crippen LogP contribution >= 0.6 is 7.60 Å². The summed E-state index contributed by atoms with van der Waals surface area (Å²) >= 11 is 0. The molecule has 0 bridgehead atoms. The number of hydrogen-bond acceptors (Lipinski definition) is 3. The Morgan fingerprint density at radius 2 is 1.93 bits per heavy atom. The molecule has 0 aromatic heterocycles. The maximum absolute atomic E-state index is 14.6. The molecule has 2 atom stereocenters. The minimum absolute atomic E-state index is 0.218. The molecule has 0 saturated heterocycles. The van der Waals surface area contributed by atoms with Crippen LogP contribution in [0.15, 0.2) is 0 Å². The van der Waals surface area contributed by atoms with E-state index < -0.39 is 13.0 Å². The normalized spacial score (nSPS) is 32.1. The number of alkyl halides is 1. The van der Waals surface area contributed by atoms with E-state index in [1.807, 2.05) is 0 Å². The second-order valence-corrected chi connectivity index (χ2v) is 6.20. The first-order valence-electron chi connectivity index (χ1n) is 5.58. The zero-order valence-corrected chi connectivity index (χ0v) is 10.6. The fraction of sp³-hybridized carbons (Fsp3) is 1.00. The second kappa shape index (κ2) is 4.94. The van der Waals surface area contributed by atoms with Gasteiger partial charge in [0.15, 0.2) is 0 Å². The molecule has 0 heterocycles. The van der Waals surface area contributed by atoms with Crippen molar-refractivity contribution in [1.29, 1.82) is 0 Å².